The third-order valence-corrected chi connectivity index (χ3v) is 6.89. The number of aromatic nitrogens is 1. The van der Waals surface area contributed by atoms with Gasteiger partial charge in [0.15, 0.2) is 0 Å². The molecule has 1 aliphatic heterocycles. The van der Waals surface area contributed by atoms with Gasteiger partial charge in [0.25, 0.3) is 17.7 Å². The summed E-state index contributed by atoms with van der Waals surface area (Å²) >= 11 is 6.06. The maximum atomic E-state index is 13.0. The van der Waals surface area contributed by atoms with Crippen molar-refractivity contribution in [2.24, 2.45) is 0 Å². The van der Waals surface area contributed by atoms with Crippen LogP contribution in [0.4, 0.5) is 5.69 Å². The third-order valence-electron chi connectivity index (χ3n) is 6.65. The predicted octanol–water partition coefficient (Wildman–Crippen LogP) is 3.66. The molecule has 2 fully saturated rings. The Morgan fingerprint density at radius 1 is 0.971 bits per heavy atom. The first-order valence-corrected chi connectivity index (χ1v) is 12.2. The van der Waals surface area contributed by atoms with Gasteiger partial charge in [0.2, 0.25) is 0 Å². The SMILES string of the molecule is O=C(NC1CCCCC1NC(=O)c1cc2cc(Cl)ccc2[nH]1)c1ccc(N2CCOCC2=O)cc1. The highest BCUT2D eigenvalue weighted by Crippen LogP contribution is 2.23. The summed E-state index contributed by atoms with van der Waals surface area (Å²) in [5.41, 5.74) is 2.57. The molecule has 3 aromatic rings. The summed E-state index contributed by atoms with van der Waals surface area (Å²) in [5, 5.41) is 7.69. The number of halogens is 1. The number of nitrogens with one attached hydrogen (secondary N) is 3. The van der Waals surface area contributed by atoms with Gasteiger partial charge in [-0.2, -0.15) is 0 Å². The van der Waals surface area contributed by atoms with Crippen LogP contribution < -0.4 is 15.5 Å². The van der Waals surface area contributed by atoms with Gasteiger partial charge < -0.3 is 25.3 Å². The lowest BCUT2D eigenvalue weighted by molar-refractivity contribution is -0.125. The number of H-pyrrole nitrogens is 1. The summed E-state index contributed by atoms with van der Waals surface area (Å²) in [6.07, 6.45) is 3.56. The fourth-order valence-electron chi connectivity index (χ4n) is 4.78. The number of hydrogen-bond donors (Lipinski definition) is 3. The van der Waals surface area contributed by atoms with Crippen LogP contribution in [0.25, 0.3) is 10.9 Å². The molecule has 9 heteroatoms. The van der Waals surface area contributed by atoms with Crippen LogP contribution in [-0.4, -0.2) is 54.5 Å². The molecule has 1 saturated carbocycles. The number of fused-ring (bicyclic) bond motifs is 1. The largest absolute Gasteiger partial charge is 0.370 e. The van der Waals surface area contributed by atoms with Crippen molar-refractivity contribution >= 4 is 45.9 Å². The van der Waals surface area contributed by atoms with Gasteiger partial charge >= 0.3 is 0 Å². The number of nitrogens with zero attached hydrogens (tertiary/aromatic N) is 1. The van der Waals surface area contributed by atoms with Crippen LogP contribution in [-0.2, 0) is 9.53 Å². The minimum Gasteiger partial charge on any atom is -0.370 e. The summed E-state index contributed by atoms with van der Waals surface area (Å²) in [6, 6.07) is 13.9. The fourth-order valence-corrected chi connectivity index (χ4v) is 4.96. The number of carbonyl (C=O) groups is 3. The zero-order chi connectivity index (χ0) is 24.4. The number of morpholine rings is 1. The molecular weight excluding hydrogens is 468 g/mol. The lowest BCUT2D eigenvalue weighted by Crippen LogP contribution is -2.53. The van der Waals surface area contributed by atoms with Crippen LogP contribution in [0, 0.1) is 0 Å². The first-order chi connectivity index (χ1) is 17.0. The number of ether oxygens (including phenoxy) is 1. The van der Waals surface area contributed by atoms with Crippen LogP contribution >= 0.6 is 11.6 Å². The van der Waals surface area contributed by atoms with Crippen molar-refractivity contribution in [2.75, 3.05) is 24.7 Å². The van der Waals surface area contributed by atoms with E-state index in [-0.39, 0.29) is 36.4 Å². The number of aromatic amines is 1. The van der Waals surface area contributed by atoms with Crippen molar-refractivity contribution < 1.29 is 19.1 Å². The van der Waals surface area contributed by atoms with Crippen molar-refractivity contribution in [3.05, 3.63) is 64.8 Å². The van der Waals surface area contributed by atoms with Gasteiger partial charge in [-0.15, -0.1) is 0 Å². The summed E-state index contributed by atoms with van der Waals surface area (Å²) in [4.78, 5) is 42.8. The first-order valence-electron chi connectivity index (χ1n) is 11.9. The molecule has 2 heterocycles. The number of hydrogen-bond acceptors (Lipinski definition) is 4. The molecule has 2 atom stereocenters. The minimum atomic E-state index is -0.206. The Balaban J connectivity index is 1.24. The monoisotopic (exact) mass is 494 g/mol. The Morgan fingerprint density at radius 2 is 1.69 bits per heavy atom. The number of anilines is 1. The summed E-state index contributed by atoms with van der Waals surface area (Å²) in [5.74, 6) is -0.494. The minimum absolute atomic E-state index is 0.0727. The Bertz CT molecular complexity index is 1260. The van der Waals surface area contributed by atoms with E-state index >= 15 is 0 Å². The standard InChI is InChI=1S/C26H27ClN4O4/c27-18-7-10-20-17(13-18)14-23(28-20)26(34)30-22-4-2-1-3-21(22)29-25(33)16-5-8-19(9-6-16)31-11-12-35-15-24(31)32/h5-10,13-14,21-22,28H,1-4,11-12,15H2,(H,29,33)(H,30,34). The maximum Gasteiger partial charge on any atom is 0.268 e. The van der Waals surface area contributed by atoms with Gasteiger partial charge in [-0.25, -0.2) is 0 Å². The molecule has 1 saturated heterocycles. The van der Waals surface area contributed by atoms with Crippen molar-refractivity contribution in [1.29, 1.82) is 0 Å². The van der Waals surface area contributed by atoms with Gasteiger partial charge in [-0.1, -0.05) is 24.4 Å². The van der Waals surface area contributed by atoms with E-state index in [0.717, 1.165) is 42.3 Å². The topological polar surface area (TPSA) is 104 Å². The second-order valence-corrected chi connectivity index (χ2v) is 9.44. The molecule has 182 valence electrons. The van der Waals surface area contributed by atoms with Crippen molar-refractivity contribution in [1.82, 2.24) is 15.6 Å². The summed E-state index contributed by atoms with van der Waals surface area (Å²) in [6.45, 7) is 1.07. The van der Waals surface area contributed by atoms with E-state index in [1.807, 2.05) is 12.1 Å². The zero-order valence-electron chi connectivity index (χ0n) is 19.2. The molecule has 3 N–H and O–H groups in total. The van der Waals surface area contributed by atoms with Crippen molar-refractivity contribution in [3.8, 4) is 0 Å². The highest BCUT2D eigenvalue weighted by Gasteiger charge is 2.29. The molecule has 0 radical (unpaired) electrons. The molecule has 0 bridgehead atoms. The van der Waals surface area contributed by atoms with E-state index in [1.165, 1.54) is 0 Å². The van der Waals surface area contributed by atoms with Crippen LogP contribution in [0.1, 0.15) is 46.5 Å². The Kier molecular flexibility index (Phi) is 6.74. The molecule has 1 aliphatic carbocycles. The zero-order valence-corrected chi connectivity index (χ0v) is 19.9. The predicted molar refractivity (Wildman–Crippen MR) is 134 cm³/mol. The molecular formula is C26H27ClN4O4. The molecule has 2 unspecified atom stereocenters. The van der Waals surface area contributed by atoms with Gasteiger partial charge in [0, 0.05) is 45.8 Å². The molecule has 1 aromatic heterocycles. The molecule has 5 rings (SSSR count). The second kappa shape index (κ2) is 10.1. The first kappa shape index (κ1) is 23.4. The van der Waals surface area contributed by atoms with Crippen LogP contribution in [0.15, 0.2) is 48.5 Å². The second-order valence-electron chi connectivity index (χ2n) is 9.00. The number of rotatable bonds is 5. The third kappa shape index (κ3) is 5.18. The van der Waals surface area contributed by atoms with Gasteiger partial charge in [-0.05, 0) is 61.4 Å². The molecule has 0 spiro atoms. The Hall–Kier alpha value is -3.36. The summed E-state index contributed by atoms with van der Waals surface area (Å²) in [7, 11) is 0. The molecule has 2 aromatic carbocycles. The van der Waals surface area contributed by atoms with E-state index in [0.29, 0.717) is 29.4 Å². The van der Waals surface area contributed by atoms with E-state index in [4.69, 9.17) is 16.3 Å². The highest BCUT2D eigenvalue weighted by atomic mass is 35.5. The van der Waals surface area contributed by atoms with E-state index in [1.54, 1.807) is 41.3 Å². The number of carbonyl (C=O) groups excluding carboxylic acids is 3. The molecule has 2 aliphatic rings. The summed E-state index contributed by atoms with van der Waals surface area (Å²) < 4.78 is 5.17. The normalized spacial score (nSPS) is 20.6. The highest BCUT2D eigenvalue weighted by molar-refractivity contribution is 6.31. The fraction of sp³-hybridized carbons (Fsp3) is 0.346. The van der Waals surface area contributed by atoms with E-state index in [9.17, 15) is 14.4 Å². The van der Waals surface area contributed by atoms with Crippen molar-refractivity contribution in [3.63, 3.8) is 0 Å². The van der Waals surface area contributed by atoms with Gasteiger partial charge in [0.05, 0.1) is 6.61 Å². The number of benzene rings is 2. The Morgan fingerprint density at radius 3 is 2.40 bits per heavy atom. The van der Waals surface area contributed by atoms with Crippen LogP contribution in [0.2, 0.25) is 5.02 Å². The average molecular weight is 495 g/mol. The van der Waals surface area contributed by atoms with Gasteiger partial charge in [0.1, 0.15) is 12.3 Å². The lowest BCUT2D eigenvalue weighted by Gasteiger charge is -2.32. The molecule has 3 amide bonds. The van der Waals surface area contributed by atoms with E-state index in [2.05, 4.69) is 15.6 Å². The average Bonchev–Trinajstić information content (AvgIpc) is 3.29. The van der Waals surface area contributed by atoms with Crippen molar-refractivity contribution in [2.45, 2.75) is 37.8 Å². The number of amides is 3. The maximum absolute atomic E-state index is 13.0. The lowest BCUT2D eigenvalue weighted by atomic mass is 9.90. The van der Waals surface area contributed by atoms with Gasteiger partial charge in [-0.3, -0.25) is 14.4 Å². The smallest absolute Gasteiger partial charge is 0.268 e. The molecule has 8 nitrogen and oxygen atoms in total. The Labute approximate surface area is 208 Å². The van der Waals surface area contributed by atoms with E-state index < -0.39 is 0 Å². The van der Waals surface area contributed by atoms with Crippen LogP contribution in [0.5, 0.6) is 0 Å². The molecule has 35 heavy (non-hydrogen) atoms. The quantitative estimate of drug-likeness (QED) is 0.503. The van der Waals surface area contributed by atoms with Crippen LogP contribution in [0.3, 0.4) is 0 Å².